The minimum absolute atomic E-state index is 0.0994. The van der Waals surface area contributed by atoms with Gasteiger partial charge in [-0.3, -0.25) is 10.1 Å². The zero-order valence-electron chi connectivity index (χ0n) is 14.9. The van der Waals surface area contributed by atoms with Crippen LogP contribution in [0.15, 0.2) is 30.5 Å². The summed E-state index contributed by atoms with van der Waals surface area (Å²) >= 11 is 7.50. The molecule has 0 bridgehead atoms. The second-order valence-corrected chi connectivity index (χ2v) is 7.69. The molecule has 0 spiro atoms. The Bertz CT molecular complexity index is 918. The van der Waals surface area contributed by atoms with Crippen LogP contribution < -0.4 is 5.32 Å². The van der Waals surface area contributed by atoms with E-state index in [1.807, 2.05) is 32.0 Å². The van der Waals surface area contributed by atoms with E-state index in [1.165, 1.54) is 11.3 Å². The number of aryl methyl sites for hydroxylation is 1. The molecule has 0 aliphatic rings. The SMILES string of the molecule is CCCc1nnc(NC(=O)c2cnn(-c3cccc(Cl)c3)c2C(C)C)s1. The van der Waals surface area contributed by atoms with Crippen molar-refractivity contribution in [1.82, 2.24) is 20.0 Å². The molecule has 1 N–H and O–H groups in total. The van der Waals surface area contributed by atoms with Crippen molar-refractivity contribution in [3.8, 4) is 5.69 Å². The fourth-order valence-electron chi connectivity index (χ4n) is 2.69. The lowest BCUT2D eigenvalue weighted by Gasteiger charge is -2.12. The van der Waals surface area contributed by atoms with Crippen molar-refractivity contribution in [2.24, 2.45) is 0 Å². The first kappa shape index (κ1) is 18.5. The van der Waals surface area contributed by atoms with E-state index in [-0.39, 0.29) is 11.8 Å². The summed E-state index contributed by atoms with van der Waals surface area (Å²) in [7, 11) is 0. The summed E-state index contributed by atoms with van der Waals surface area (Å²) in [6.45, 7) is 6.14. The number of anilines is 1. The molecular weight excluding hydrogens is 370 g/mol. The Kier molecular flexibility index (Phi) is 5.68. The van der Waals surface area contributed by atoms with E-state index in [0.29, 0.717) is 15.7 Å². The third kappa shape index (κ3) is 3.94. The molecule has 0 aliphatic heterocycles. The summed E-state index contributed by atoms with van der Waals surface area (Å²) in [4.78, 5) is 12.8. The first-order valence-electron chi connectivity index (χ1n) is 8.47. The Morgan fingerprint density at radius 1 is 1.35 bits per heavy atom. The van der Waals surface area contributed by atoms with Gasteiger partial charge in [-0.25, -0.2) is 4.68 Å². The number of halogens is 1. The lowest BCUT2D eigenvalue weighted by molar-refractivity contribution is 0.102. The number of hydrogen-bond donors (Lipinski definition) is 1. The summed E-state index contributed by atoms with van der Waals surface area (Å²) in [5, 5.41) is 17.4. The van der Waals surface area contributed by atoms with Crippen molar-refractivity contribution < 1.29 is 4.79 Å². The van der Waals surface area contributed by atoms with Gasteiger partial charge in [-0.05, 0) is 30.5 Å². The number of rotatable bonds is 6. The molecule has 0 atom stereocenters. The van der Waals surface area contributed by atoms with Gasteiger partial charge in [-0.2, -0.15) is 5.10 Å². The van der Waals surface area contributed by atoms with Gasteiger partial charge in [0.15, 0.2) is 0 Å². The summed E-state index contributed by atoms with van der Waals surface area (Å²) in [6, 6.07) is 7.40. The van der Waals surface area contributed by atoms with Gasteiger partial charge in [-0.15, -0.1) is 10.2 Å². The number of carbonyl (C=O) groups is 1. The summed E-state index contributed by atoms with van der Waals surface area (Å²) in [6.07, 6.45) is 3.43. The van der Waals surface area contributed by atoms with E-state index in [0.717, 1.165) is 29.2 Å². The van der Waals surface area contributed by atoms with Crippen molar-refractivity contribution >= 4 is 34.0 Å². The number of carbonyl (C=O) groups excluding carboxylic acids is 1. The topological polar surface area (TPSA) is 72.7 Å². The van der Waals surface area contributed by atoms with Crippen LogP contribution in [0, 0.1) is 0 Å². The van der Waals surface area contributed by atoms with Gasteiger partial charge in [0.1, 0.15) is 5.01 Å². The smallest absolute Gasteiger partial charge is 0.260 e. The number of hydrogen-bond acceptors (Lipinski definition) is 5. The molecule has 2 aromatic heterocycles. The molecule has 0 saturated heterocycles. The number of aromatic nitrogens is 4. The van der Waals surface area contributed by atoms with E-state index in [4.69, 9.17) is 11.6 Å². The molecule has 136 valence electrons. The van der Waals surface area contributed by atoms with Gasteiger partial charge in [-0.1, -0.05) is 49.8 Å². The van der Waals surface area contributed by atoms with Crippen LogP contribution in [0.1, 0.15) is 54.2 Å². The summed E-state index contributed by atoms with van der Waals surface area (Å²) in [5.41, 5.74) is 2.16. The quantitative estimate of drug-likeness (QED) is 0.662. The summed E-state index contributed by atoms with van der Waals surface area (Å²) < 4.78 is 1.76. The van der Waals surface area contributed by atoms with Crippen molar-refractivity contribution in [1.29, 1.82) is 0 Å². The molecule has 2 heterocycles. The third-order valence-corrected chi connectivity index (χ3v) is 4.94. The Hall–Kier alpha value is -2.25. The van der Waals surface area contributed by atoms with E-state index in [9.17, 15) is 4.79 Å². The number of amides is 1. The molecule has 0 saturated carbocycles. The van der Waals surface area contributed by atoms with Crippen LogP contribution in [0.5, 0.6) is 0 Å². The Morgan fingerprint density at radius 3 is 2.85 bits per heavy atom. The molecule has 0 aliphatic carbocycles. The Labute approximate surface area is 161 Å². The standard InChI is InChI=1S/C18H20ClN5OS/c1-4-6-15-22-23-18(26-15)21-17(25)14-10-20-24(16(14)11(2)3)13-8-5-7-12(19)9-13/h5,7-11H,4,6H2,1-3H3,(H,21,23,25). The van der Waals surface area contributed by atoms with E-state index in [2.05, 4.69) is 27.5 Å². The first-order valence-corrected chi connectivity index (χ1v) is 9.66. The molecular formula is C18H20ClN5OS. The number of benzene rings is 1. The zero-order chi connectivity index (χ0) is 18.7. The number of nitrogens with zero attached hydrogens (tertiary/aromatic N) is 4. The van der Waals surface area contributed by atoms with Gasteiger partial charge >= 0.3 is 0 Å². The van der Waals surface area contributed by atoms with Gasteiger partial charge < -0.3 is 0 Å². The van der Waals surface area contributed by atoms with E-state index in [1.54, 1.807) is 16.9 Å². The maximum atomic E-state index is 12.8. The van der Waals surface area contributed by atoms with E-state index < -0.39 is 0 Å². The van der Waals surface area contributed by atoms with Crippen LogP contribution in [0.4, 0.5) is 5.13 Å². The molecule has 8 heteroatoms. The highest BCUT2D eigenvalue weighted by Gasteiger charge is 2.22. The molecule has 1 amide bonds. The maximum absolute atomic E-state index is 12.8. The molecule has 3 aromatic rings. The molecule has 3 rings (SSSR count). The fourth-order valence-corrected chi connectivity index (χ4v) is 3.71. The fraction of sp³-hybridized carbons (Fsp3) is 0.333. The first-order chi connectivity index (χ1) is 12.5. The third-order valence-electron chi connectivity index (χ3n) is 3.80. The van der Waals surface area contributed by atoms with E-state index >= 15 is 0 Å². The van der Waals surface area contributed by atoms with Gasteiger partial charge in [0.25, 0.3) is 5.91 Å². The van der Waals surface area contributed by atoms with Crippen LogP contribution in [0.2, 0.25) is 5.02 Å². The molecule has 1 aromatic carbocycles. The average molecular weight is 390 g/mol. The highest BCUT2D eigenvalue weighted by molar-refractivity contribution is 7.15. The molecule has 26 heavy (non-hydrogen) atoms. The summed E-state index contributed by atoms with van der Waals surface area (Å²) in [5.74, 6) is -0.136. The molecule has 0 unspecified atom stereocenters. The Balaban J connectivity index is 1.90. The van der Waals surface area contributed by atoms with Gasteiger partial charge in [0.05, 0.1) is 23.1 Å². The highest BCUT2D eigenvalue weighted by atomic mass is 35.5. The lowest BCUT2D eigenvalue weighted by atomic mass is 10.1. The van der Waals surface area contributed by atoms with Crippen LogP contribution >= 0.6 is 22.9 Å². The second kappa shape index (κ2) is 7.97. The molecule has 6 nitrogen and oxygen atoms in total. The van der Waals surface area contributed by atoms with Crippen molar-refractivity contribution in [2.45, 2.75) is 39.5 Å². The van der Waals surface area contributed by atoms with Crippen molar-refractivity contribution in [3.05, 3.63) is 51.7 Å². The average Bonchev–Trinajstić information content (AvgIpc) is 3.22. The molecule has 0 radical (unpaired) electrons. The van der Waals surface area contributed by atoms with Gasteiger partial charge in [0, 0.05) is 11.4 Å². The minimum Gasteiger partial charge on any atom is -0.296 e. The zero-order valence-corrected chi connectivity index (χ0v) is 16.4. The number of nitrogens with one attached hydrogen (secondary N) is 1. The minimum atomic E-state index is -0.235. The highest BCUT2D eigenvalue weighted by Crippen LogP contribution is 2.26. The van der Waals surface area contributed by atoms with Crippen molar-refractivity contribution in [2.75, 3.05) is 5.32 Å². The van der Waals surface area contributed by atoms with Crippen LogP contribution in [0.3, 0.4) is 0 Å². The predicted octanol–water partition coefficient (Wildman–Crippen LogP) is 4.71. The lowest BCUT2D eigenvalue weighted by Crippen LogP contribution is -2.15. The monoisotopic (exact) mass is 389 g/mol. The normalized spacial score (nSPS) is 11.1. The molecule has 0 fully saturated rings. The Morgan fingerprint density at radius 2 is 2.15 bits per heavy atom. The largest absolute Gasteiger partial charge is 0.296 e. The van der Waals surface area contributed by atoms with Crippen LogP contribution in [-0.2, 0) is 6.42 Å². The van der Waals surface area contributed by atoms with Crippen LogP contribution in [0.25, 0.3) is 5.69 Å². The predicted molar refractivity (Wildman–Crippen MR) is 105 cm³/mol. The van der Waals surface area contributed by atoms with Crippen LogP contribution in [-0.4, -0.2) is 25.9 Å². The second-order valence-electron chi connectivity index (χ2n) is 6.19. The van der Waals surface area contributed by atoms with Crippen molar-refractivity contribution in [3.63, 3.8) is 0 Å². The van der Waals surface area contributed by atoms with Gasteiger partial charge in [0.2, 0.25) is 5.13 Å². The maximum Gasteiger partial charge on any atom is 0.260 e.